The van der Waals surface area contributed by atoms with Gasteiger partial charge in [0.1, 0.15) is 11.9 Å². The lowest BCUT2D eigenvalue weighted by molar-refractivity contribution is 0.147. The maximum Gasteiger partial charge on any atom is 0.133 e. The van der Waals surface area contributed by atoms with Crippen LogP contribution in [0.25, 0.3) is 0 Å². The van der Waals surface area contributed by atoms with E-state index in [9.17, 15) is 5.11 Å². The molecule has 98 valence electrons. The average Bonchev–Trinajstić information content (AvgIpc) is 2.98. The Labute approximate surface area is 106 Å². The number of hydrogen-bond acceptors (Lipinski definition) is 4. The first-order valence-electron chi connectivity index (χ1n) is 6.14. The van der Waals surface area contributed by atoms with Gasteiger partial charge < -0.3 is 14.8 Å². The van der Waals surface area contributed by atoms with E-state index < -0.39 is 6.10 Å². The van der Waals surface area contributed by atoms with Gasteiger partial charge in [0.25, 0.3) is 0 Å². The molecule has 2 N–H and O–H groups in total. The first kappa shape index (κ1) is 12.9. The molecule has 5 nitrogen and oxygen atoms in total. The molecule has 0 saturated carbocycles. The Morgan fingerprint density at radius 3 is 3.06 bits per heavy atom. The van der Waals surface area contributed by atoms with Crippen LogP contribution in [0.5, 0.6) is 0 Å². The molecule has 0 fully saturated rings. The minimum Gasteiger partial charge on any atom is -0.467 e. The molecule has 0 radical (unpaired) electrons. The molecule has 0 saturated heterocycles. The second-order valence-electron chi connectivity index (χ2n) is 4.29. The van der Waals surface area contributed by atoms with E-state index in [1.807, 2.05) is 17.9 Å². The van der Waals surface area contributed by atoms with Crippen LogP contribution in [0.2, 0.25) is 0 Å². The summed E-state index contributed by atoms with van der Waals surface area (Å²) in [5.41, 5.74) is 2.27. The third-order valence-corrected chi connectivity index (χ3v) is 2.85. The van der Waals surface area contributed by atoms with Gasteiger partial charge in [-0.05, 0) is 18.6 Å². The maximum absolute atomic E-state index is 9.84. The molecular formula is C13H19N3O2. The number of hydrogen-bond donors (Lipinski definition) is 2. The Hall–Kier alpha value is -1.59. The fourth-order valence-corrected chi connectivity index (χ4v) is 1.95. The fourth-order valence-electron chi connectivity index (χ4n) is 1.95. The lowest BCUT2D eigenvalue weighted by Gasteiger charge is -2.09. The van der Waals surface area contributed by atoms with Crippen molar-refractivity contribution in [3.05, 3.63) is 41.6 Å². The summed E-state index contributed by atoms with van der Waals surface area (Å²) >= 11 is 0. The number of aliphatic hydroxyl groups excluding tert-OH is 1. The largest absolute Gasteiger partial charge is 0.467 e. The highest BCUT2D eigenvalue weighted by Gasteiger charge is 2.10. The Bertz CT molecular complexity index is 476. The fraction of sp³-hybridized carbons (Fsp3) is 0.462. The number of aromatic nitrogens is 2. The predicted octanol–water partition coefficient (Wildman–Crippen LogP) is 1.40. The standard InChI is InChI=1S/C13H19N3O2/c1-3-11-10(9-16(2)15-11)7-14-8-12(17)13-5-4-6-18-13/h4-6,9,12,14,17H,3,7-8H2,1-2H3. The first-order chi connectivity index (χ1) is 8.70. The zero-order valence-electron chi connectivity index (χ0n) is 10.8. The molecule has 2 aromatic rings. The number of aryl methyl sites for hydroxylation is 2. The lowest BCUT2D eigenvalue weighted by Crippen LogP contribution is -2.21. The SMILES string of the molecule is CCc1nn(C)cc1CNCC(O)c1ccco1. The highest BCUT2D eigenvalue weighted by Crippen LogP contribution is 2.12. The van der Waals surface area contributed by atoms with Crippen LogP contribution in [0, 0.1) is 0 Å². The summed E-state index contributed by atoms with van der Waals surface area (Å²) in [4.78, 5) is 0. The van der Waals surface area contributed by atoms with Crippen molar-refractivity contribution >= 4 is 0 Å². The monoisotopic (exact) mass is 249 g/mol. The number of aliphatic hydroxyl groups is 1. The Morgan fingerprint density at radius 2 is 2.39 bits per heavy atom. The van der Waals surface area contributed by atoms with Crippen molar-refractivity contribution in [1.29, 1.82) is 0 Å². The van der Waals surface area contributed by atoms with Crippen LogP contribution in [-0.4, -0.2) is 21.4 Å². The number of furan rings is 1. The van der Waals surface area contributed by atoms with Crippen molar-refractivity contribution in [2.45, 2.75) is 26.0 Å². The Balaban J connectivity index is 1.85. The van der Waals surface area contributed by atoms with Gasteiger partial charge in [0.2, 0.25) is 0 Å². The van der Waals surface area contributed by atoms with Crippen molar-refractivity contribution in [3.63, 3.8) is 0 Å². The van der Waals surface area contributed by atoms with Crippen molar-refractivity contribution in [3.8, 4) is 0 Å². The second kappa shape index (κ2) is 5.84. The molecule has 2 heterocycles. The minimum absolute atomic E-state index is 0.464. The summed E-state index contributed by atoms with van der Waals surface area (Å²) in [6.45, 7) is 3.25. The van der Waals surface area contributed by atoms with Gasteiger partial charge in [-0.15, -0.1) is 0 Å². The summed E-state index contributed by atoms with van der Waals surface area (Å²) in [5.74, 6) is 0.587. The summed E-state index contributed by atoms with van der Waals surface area (Å²) in [6.07, 6.45) is 3.88. The van der Waals surface area contributed by atoms with E-state index in [4.69, 9.17) is 4.42 Å². The van der Waals surface area contributed by atoms with E-state index in [0.29, 0.717) is 18.8 Å². The highest BCUT2D eigenvalue weighted by atomic mass is 16.4. The van der Waals surface area contributed by atoms with Gasteiger partial charge in [-0.2, -0.15) is 5.10 Å². The van der Waals surface area contributed by atoms with Crippen molar-refractivity contribution in [1.82, 2.24) is 15.1 Å². The van der Waals surface area contributed by atoms with Crippen LogP contribution in [0.4, 0.5) is 0 Å². The minimum atomic E-state index is -0.609. The van der Waals surface area contributed by atoms with Crippen molar-refractivity contribution < 1.29 is 9.52 Å². The van der Waals surface area contributed by atoms with E-state index in [0.717, 1.165) is 12.1 Å². The molecule has 0 spiro atoms. The molecule has 0 amide bonds. The van der Waals surface area contributed by atoms with Gasteiger partial charge in [-0.3, -0.25) is 4.68 Å². The van der Waals surface area contributed by atoms with Crippen LogP contribution < -0.4 is 5.32 Å². The van der Waals surface area contributed by atoms with E-state index in [-0.39, 0.29) is 0 Å². The first-order valence-corrected chi connectivity index (χ1v) is 6.14. The number of rotatable bonds is 6. The molecule has 1 unspecified atom stereocenters. The van der Waals surface area contributed by atoms with Gasteiger partial charge in [0, 0.05) is 31.9 Å². The molecule has 0 aliphatic heterocycles. The van der Waals surface area contributed by atoms with E-state index in [2.05, 4.69) is 17.3 Å². The van der Waals surface area contributed by atoms with Gasteiger partial charge in [-0.25, -0.2) is 0 Å². The summed E-state index contributed by atoms with van der Waals surface area (Å²) in [5, 5.41) is 17.4. The van der Waals surface area contributed by atoms with Crippen molar-refractivity contribution in [2.75, 3.05) is 6.54 Å². The van der Waals surface area contributed by atoms with Crippen LogP contribution in [0.15, 0.2) is 29.0 Å². The van der Waals surface area contributed by atoms with E-state index >= 15 is 0 Å². The molecule has 2 aromatic heterocycles. The molecule has 0 bridgehead atoms. The third kappa shape index (κ3) is 3.00. The molecule has 2 rings (SSSR count). The topological polar surface area (TPSA) is 63.2 Å². The van der Waals surface area contributed by atoms with Crippen LogP contribution in [0.3, 0.4) is 0 Å². The molecule has 5 heteroatoms. The summed E-state index contributed by atoms with van der Waals surface area (Å²) in [7, 11) is 1.92. The molecular weight excluding hydrogens is 230 g/mol. The number of nitrogens with one attached hydrogen (secondary N) is 1. The predicted molar refractivity (Wildman–Crippen MR) is 68.0 cm³/mol. The normalized spacial score (nSPS) is 12.8. The van der Waals surface area contributed by atoms with E-state index in [1.165, 1.54) is 5.56 Å². The molecule has 0 aliphatic rings. The third-order valence-electron chi connectivity index (χ3n) is 2.85. The molecule has 1 atom stereocenters. The average molecular weight is 249 g/mol. The highest BCUT2D eigenvalue weighted by molar-refractivity contribution is 5.16. The summed E-state index contributed by atoms with van der Waals surface area (Å²) in [6, 6.07) is 3.54. The Morgan fingerprint density at radius 1 is 1.56 bits per heavy atom. The number of nitrogens with zero attached hydrogens (tertiary/aromatic N) is 2. The quantitative estimate of drug-likeness (QED) is 0.812. The zero-order chi connectivity index (χ0) is 13.0. The van der Waals surface area contributed by atoms with Crippen LogP contribution >= 0.6 is 0 Å². The lowest BCUT2D eigenvalue weighted by atomic mass is 10.2. The van der Waals surface area contributed by atoms with Crippen LogP contribution in [-0.2, 0) is 20.0 Å². The van der Waals surface area contributed by atoms with Gasteiger partial charge in [0.05, 0.1) is 12.0 Å². The molecule has 18 heavy (non-hydrogen) atoms. The van der Waals surface area contributed by atoms with Gasteiger partial charge >= 0.3 is 0 Å². The summed E-state index contributed by atoms with van der Waals surface area (Å²) < 4.78 is 6.96. The maximum atomic E-state index is 9.84. The molecule has 0 aromatic carbocycles. The smallest absolute Gasteiger partial charge is 0.133 e. The van der Waals surface area contributed by atoms with E-state index in [1.54, 1.807) is 18.4 Å². The van der Waals surface area contributed by atoms with Gasteiger partial charge in [0.15, 0.2) is 0 Å². The van der Waals surface area contributed by atoms with Gasteiger partial charge in [-0.1, -0.05) is 6.92 Å². The molecule has 0 aliphatic carbocycles. The Kier molecular flexibility index (Phi) is 4.17. The van der Waals surface area contributed by atoms with Crippen molar-refractivity contribution in [2.24, 2.45) is 7.05 Å². The van der Waals surface area contributed by atoms with Crippen LogP contribution in [0.1, 0.15) is 30.0 Å². The second-order valence-corrected chi connectivity index (χ2v) is 4.29. The zero-order valence-corrected chi connectivity index (χ0v) is 10.8.